The predicted molar refractivity (Wildman–Crippen MR) is 71.6 cm³/mol. The fourth-order valence-corrected chi connectivity index (χ4v) is 2.27. The average molecular weight is 249 g/mol. The molecule has 0 radical (unpaired) electrons. The van der Waals surface area contributed by atoms with Crippen molar-refractivity contribution in [2.24, 2.45) is 5.73 Å². The molecule has 4 N–H and O–H groups in total. The summed E-state index contributed by atoms with van der Waals surface area (Å²) in [6.07, 6.45) is 1.94. The van der Waals surface area contributed by atoms with Crippen LogP contribution in [0.2, 0.25) is 0 Å². The summed E-state index contributed by atoms with van der Waals surface area (Å²) in [6, 6.07) is 5.53. The molecule has 1 heterocycles. The van der Waals surface area contributed by atoms with Crippen LogP contribution in [-0.2, 0) is 4.74 Å². The molecule has 0 aliphatic carbocycles. The Labute approximate surface area is 107 Å². The zero-order valence-electron chi connectivity index (χ0n) is 10.6. The third-order valence-corrected chi connectivity index (χ3v) is 3.43. The number of rotatable bonds is 3. The van der Waals surface area contributed by atoms with Gasteiger partial charge >= 0.3 is 0 Å². The monoisotopic (exact) mass is 249 g/mol. The lowest BCUT2D eigenvalue weighted by Gasteiger charge is -2.33. The van der Waals surface area contributed by atoms with Crippen molar-refractivity contribution in [1.82, 2.24) is 0 Å². The number of nitrogen functional groups attached to an aromatic ring is 1. The molecule has 1 fully saturated rings. The van der Waals surface area contributed by atoms with Crippen LogP contribution in [0.3, 0.4) is 0 Å². The molecule has 0 bridgehead atoms. The number of ether oxygens (including phenoxy) is 1. The molecular formula is C13H19N3O2. The van der Waals surface area contributed by atoms with E-state index in [4.69, 9.17) is 16.2 Å². The first-order chi connectivity index (χ1) is 8.59. The van der Waals surface area contributed by atoms with E-state index in [0.717, 1.165) is 31.7 Å². The van der Waals surface area contributed by atoms with E-state index in [1.165, 1.54) is 0 Å². The fourth-order valence-electron chi connectivity index (χ4n) is 2.27. The van der Waals surface area contributed by atoms with E-state index in [-0.39, 0.29) is 0 Å². The molecule has 0 aromatic heterocycles. The second-order valence-electron chi connectivity index (χ2n) is 4.59. The first-order valence-corrected chi connectivity index (χ1v) is 6.09. The molecule has 1 amide bonds. The molecule has 5 heteroatoms. The number of hydrogen-bond donors (Lipinski definition) is 2. The quantitative estimate of drug-likeness (QED) is 0.782. The first kappa shape index (κ1) is 12.7. The Morgan fingerprint density at radius 2 is 2.06 bits per heavy atom. The highest BCUT2D eigenvalue weighted by Gasteiger charge is 2.20. The van der Waals surface area contributed by atoms with E-state index in [0.29, 0.717) is 17.3 Å². The Bertz CT molecular complexity index is 442. The van der Waals surface area contributed by atoms with Gasteiger partial charge in [-0.25, -0.2) is 0 Å². The predicted octanol–water partition coefficient (Wildman–Crippen LogP) is 0.983. The van der Waals surface area contributed by atoms with Crippen LogP contribution in [0.25, 0.3) is 0 Å². The van der Waals surface area contributed by atoms with Crippen molar-refractivity contribution in [2.45, 2.75) is 18.9 Å². The van der Waals surface area contributed by atoms with Crippen molar-refractivity contribution in [1.29, 1.82) is 0 Å². The summed E-state index contributed by atoms with van der Waals surface area (Å²) >= 11 is 0. The van der Waals surface area contributed by atoms with E-state index >= 15 is 0 Å². The lowest BCUT2D eigenvalue weighted by Crippen LogP contribution is -2.37. The van der Waals surface area contributed by atoms with Gasteiger partial charge in [0.25, 0.3) is 0 Å². The molecule has 1 aliphatic heterocycles. The molecule has 1 saturated heterocycles. The van der Waals surface area contributed by atoms with E-state index < -0.39 is 5.91 Å². The average Bonchev–Trinajstić information content (AvgIpc) is 2.39. The third kappa shape index (κ3) is 2.56. The normalized spacial score (nSPS) is 16.5. The highest BCUT2D eigenvalue weighted by molar-refractivity contribution is 5.95. The molecule has 0 atom stereocenters. The highest BCUT2D eigenvalue weighted by Crippen LogP contribution is 2.27. The van der Waals surface area contributed by atoms with Gasteiger partial charge < -0.3 is 21.1 Å². The smallest absolute Gasteiger partial charge is 0.248 e. The van der Waals surface area contributed by atoms with Crippen molar-refractivity contribution in [3.8, 4) is 0 Å². The number of carbonyl (C=O) groups excluding carboxylic acids is 1. The zero-order chi connectivity index (χ0) is 13.1. The number of anilines is 2. The van der Waals surface area contributed by atoms with Gasteiger partial charge in [-0.2, -0.15) is 0 Å². The zero-order valence-corrected chi connectivity index (χ0v) is 10.6. The summed E-state index contributed by atoms with van der Waals surface area (Å²) in [5.41, 5.74) is 13.3. The topological polar surface area (TPSA) is 81.6 Å². The molecular weight excluding hydrogens is 230 g/mol. The van der Waals surface area contributed by atoms with Crippen LogP contribution in [-0.4, -0.2) is 32.2 Å². The van der Waals surface area contributed by atoms with Gasteiger partial charge in [-0.3, -0.25) is 4.79 Å². The Kier molecular flexibility index (Phi) is 3.72. The van der Waals surface area contributed by atoms with Crippen LogP contribution in [0.4, 0.5) is 11.4 Å². The Balaban J connectivity index is 2.25. The third-order valence-electron chi connectivity index (χ3n) is 3.43. The van der Waals surface area contributed by atoms with Gasteiger partial charge in [-0.05, 0) is 31.0 Å². The second-order valence-corrected chi connectivity index (χ2v) is 4.59. The summed E-state index contributed by atoms with van der Waals surface area (Å²) in [5.74, 6) is -0.434. The maximum Gasteiger partial charge on any atom is 0.248 e. The summed E-state index contributed by atoms with van der Waals surface area (Å²) < 4.78 is 5.35. The number of nitrogens with zero attached hydrogens (tertiary/aromatic N) is 1. The lowest BCUT2D eigenvalue weighted by molar-refractivity contribution is 0.0855. The second kappa shape index (κ2) is 5.27. The van der Waals surface area contributed by atoms with Crippen LogP contribution >= 0.6 is 0 Å². The van der Waals surface area contributed by atoms with Crippen LogP contribution in [0, 0.1) is 0 Å². The first-order valence-electron chi connectivity index (χ1n) is 6.09. The number of benzene rings is 1. The minimum atomic E-state index is -0.434. The van der Waals surface area contributed by atoms with Gasteiger partial charge in [0.05, 0.1) is 11.4 Å². The Hall–Kier alpha value is -1.75. The van der Waals surface area contributed by atoms with Crippen molar-refractivity contribution in [2.75, 3.05) is 30.9 Å². The molecule has 0 spiro atoms. The van der Waals surface area contributed by atoms with Crippen LogP contribution in [0.5, 0.6) is 0 Å². The summed E-state index contributed by atoms with van der Waals surface area (Å²) in [7, 11) is 1.99. The lowest BCUT2D eigenvalue weighted by atomic mass is 10.1. The number of amides is 1. The van der Waals surface area contributed by atoms with E-state index in [2.05, 4.69) is 4.90 Å². The van der Waals surface area contributed by atoms with Gasteiger partial charge in [-0.15, -0.1) is 0 Å². The molecule has 18 heavy (non-hydrogen) atoms. The fraction of sp³-hybridized carbons (Fsp3) is 0.462. The molecule has 0 unspecified atom stereocenters. The van der Waals surface area contributed by atoms with Crippen LogP contribution < -0.4 is 16.4 Å². The Morgan fingerprint density at radius 3 is 2.67 bits per heavy atom. The maximum atomic E-state index is 11.2. The molecule has 98 valence electrons. The summed E-state index contributed by atoms with van der Waals surface area (Å²) in [5, 5.41) is 0. The largest absolute Gasteiger partial charge is 0.397 e. The van der Waals surface area contributed by atoms with Gasteiger partial charge in [0.1, 0.15) is 0 Å². The van der Waals surface area contributed by atoms with Crippen molar-refractivity contribution >= 4 is 17.3 Å². The van der Waals surface area contributed by atoms with E-state index in [1.807, 2.05) is 7.05 Å². The van der Waals surface area contributed by atoms with Gasteiger partial charge in [0.15, 0.2) is 0 Å². The van der Waals surface area contributed by atoms with Crippen LogP contribution in [0.15, 0.2) is 18.2 Å². The van der Waals surface area contributed by atoms with Gasteiger partial charge in [0, 0.05) is 31.9 Å². The summed E-state index contributed by atoms with van der Waals surface area (Å²) in [4.78, 5) is 13.3. The molecule has 1 aromatic carbocycles. The van der Waals surface area contributed by atoms with Crippen molar-refractivity contribution in [3.05, 3.63) is 23.8 Å². The van der Waals surface area contributed by atoms with Crippen molar-refractivity contribution < 1.29 is 9.53 Å². The highest BCUT2D eigenvalue weighted by atomic mass is 16.5. The van der Waals surface area contributed by atoms with Crippen molar-refractivity contribution in [3.63, 3.8) is 0 Å². The Morgan fingerprint density at radius 1 is 1.39 bits per heavy atom. The molecule has 5 nitrogen and oxygen atoms in total. The SMILES string of the molecule is CN(c1cc(C(N)=O)ccc1N)C1CCOCC1. The molecule has 0 saturated carbocycles. The summed E-state index contributed by atoms with van der Waals surface area (Å²) in [6.45, 7) is 1.54. The van der Waals surface area contributed by atoms with Gasteiger partial charge in [0.2, 0.25) is 5.91 Å². The molecule has 2 rings (SSSR count). The number of nitrogens with two attached hydrogens (primary N) is 2. The maximum absolute atomic E-state index is 11.2. The minimum absolute atomic E-state index is 0.393. The van der Waals surface area contributed by atoms with E-state index in [1.54, 1.807) is 18.2 Å². The van der Waals surface area contributed by atoms with E-state index in [9.17, 15) is 4.79 Å². The molecule has 1 aliphatic rings. The standard InChI is InChI=1S/C13H19N3O2/c1-16(10-4-6-18-7-5-10)12-8-9(13(15)17)2-3-11(12)14/h2-3,8,10H,4-7,14H2,1H3,(H2,15,17). The van der Waals surface area contributed by atoms with Gasteiger partial charge in [-0.1, -0.05) is 0 Å². The molecule has 1 aromatic rings. The number of carbonyl (C=O) groups is 1. The number of primary amides is 1. The van der Waals surface area contributed by atoms with Crippen LogP contribution in [0.1, 0.15) is 23.2 Å². The number of hydrogen-bond acceptors (Lipinski definition) is 4. The minimum Gasteiger partial charge on any atom is -0.397 e.